The second-order valence-electron chi connectivity index (χ2n) is 6.90. The Bertz CT molecular complexity index is 1210. The Morgan fingerprint density at radius 2 is 1.55 bits per heavy atom. The van der Waals surface area contributed by atoms with Gasteiger partial charge in [0.25, 0.3) is 10.0 Å². The summed E-state index contributed by atoms with van der Waals surface area (Å²) in [4.78, 5) is 12.9. The van der Waals surface area contributed by atoms with Crippen LogP contribution in [0.1, 0.15) is 11.1 Å². The molecule has 0 unspecified atom stereocenters. The van der Waals surface area contributed by atoms with Crippen LogP contribution < -0.4 is 9.62 Å². The number of carbonyl (C=O) groups excluding carboxylic acids is 1. The van der Waals surface area contributed by atoms with Crippen molar-refractivity contribution in [1.82, 2.24) is 0 Å². The topological polar surface area (TPSA) is 66.5 Å². The highest BCUT2D eigenvalue weighted by atomic mass is 35.5. The Morgan fingerprint density at radius 3 is 2.13 bits per heavy atom. The van der Waals surface area contributed by atoms with Crippen LogP contribution in [0.5, 0.6) is 0 Å². The molecule has 0 fully saturated rings. The molecule has 0 aliphatic carbocycles. The van der Waals surface area contributed by atoms with Gasteiger partial charge in [0.1, 0.15) is 6.54 Å². The summed E-state index contributed by atoms with van der Waals surface area (Å²) < 4.78 is 28.0. The van der Waals surface area contributed by atoms with Gasteiger partial charge < -0.3 is 5.32 Å². The number of sulfonamides is 1. The summed E-state index contributed by atoms with van der Waals surface area (Å²) in [7, 11) is -4.05. The normalized spacial score (nSPS) is 11.3. The lowest BCUT2D eigenvalue weighted by Gasteiger charge is -2.26. The molecule has 3 rings (SSSR count). The average molecular weight is 498 g/mol. The molecule has 0 aliphatic rings. The molecule has 0 radical (unpaired) electrons. The van der Waals surface area contributed by atoms with Gasteiger partial charge in [0.2, 0.25) is 5.91 Å². The zero-order chi connectivity index (χ0) is 22.8. The van der Waals surface area contributed by atoms with E-state index in [1.807, 2.05) is 6.92 Å². The number of amides is 1. The average Bonchev–Trinajstić information content (AvgIpc) is 2.70. The van der Waals surface area contributed by atoms with Crippen LogP contribution in [0.2, 0.25) is 15.1 Å². The summed E-state index contributed by atoms with van der Waals surface area (Å²) in [6, 6.07) is 16.0. The fraction of sp³-hybridized carbons (Fsp3) is 0.136. The SMILES string of the molecule is Cc1ccc(S(=O)(=O)N(CC(=O)Nc2c(Cl)cccc2Cl)c2ccc(Cl)cc2C)cc1. The van der Waals surface area contributed by atoms with E-state index in [0.717, 1.165) is 9.87 Å². The van der Waals surface area contributed by atoms with Crippen molar-refractivity contribution in [2.75, 3.05) is 16.2 Å². The predicted octanol–water partition coefficient (Wildman–Crippen LogP) is 6.10. The number of halogens is 3. The van der Waals surface area contributed by atoms with E-state index in [0.29, 0.717) is 16.3 Å². The van der Waals surface area contributed by atoms with Crippen molar-refractivity contribution in [2.45, 2.75) is 18.7 Å². The smallest absolute Gasteiger partial charge is 0.264 e. The molecule has 1 amide bonds. The molecule has 5 nitrogen and oxygen atoms in total. The van der Waals surface area contributed by atoms with Gasteiger partial charge in [-0.3, -0.25) is 9.10 Å². The Kier molecular flexibility index (Phi) is 7.17. The molecule has 9 heteroatoms. The van der Waals surface area contributed by atoms with Gasteiger partial charge in [-0.15, -0.1) is 0 Å². The first kappa shape index (κ1) is 23.4. The number of rotatable bonds is 6. The number of hydrogen-bond donors (Lipinski definition) is 1. The van der Waals surface area contributed by atoms with E-state index >= 15 is 0 Å². The van der Waals surface area contributed by atoms with Crippen LogP contribution in [0.3, 0.4) is 0 Å². The van der Waals surface area contributed by atoms with Crippen LogP contribution in [0.4, 0.5) is 11.4 Å². The van der Waals surface area contributed by atoms with Crippen LogP contribution in [0.25, 0.3) is 0 Å². The lowest BCUT2D eigenvalue weighted by atomic mass is 10.2. The van der Waals surface area contributed by atoms with Gasteiger partial charge in [0, 0.05) is 5.02 Å². The highest BCUT2D eigenvalue weighted by molar-refractivity contribution is 7.92. The third kappa shape index (κ3) is 5.33. The fourth-order valence-electron chi connectivity index (χ4n) is 2.96. The Hall–Kier alpha value is -2.25. The molecular formula is C22H19Cl3N2O3S. The van der Waals surface area contributed by atoms with Gasteiger partial charge in [0.15, 0.2) is 0 Å². The van der Waals surface area contributed by atoms with Crippen molar-refractivity contribution in [1.29, 1.82) is 0 Å². The number of aryl methyl sites for hydroxylation is 2. The summed E-state index contributed by atoms with van der Waals surface area (Å²) in [5, 5.41) is 3.56. The van der Waals surface area contributed by atoms with Crippen LogP contribution >= 0.6 is 34.8 Å². The molecule has 0 aliphatic heterocycles. The number of para-hydroxylation sites is 1. The lowest BCUT2D eigenvalue weighted by molar-refractivity contribution is -0.114. The van der Waals surface area contributed by atoms with Gasteiger partial charge in [-0.2, -0.15) is 0 Å². The summed E-state index contributed by atoms with van der Waals surface area (Å²) in [6.07, 6.45) is 0. The highest BCUT2D eigenvalue weighted by Crippen LogP contribution is 2.31. The zero-order valence-electron chi connectivity index (χ0n) is 16.7. The van der Waals surface area contributed by atoms with E-state index in [1.54, 1.807) is 55.5 Å². The molecule has 0 aromatic heterocycles. The van der Waals surface area contributed by atoms with E-state index < -0.39 is 22.5 Å². The Morgan fingerprint density at radius 1 is 0.935 bits per heavy atom. The number of nitrogens with zero attached hydrogens (tertiary/aromatic N) is 1. The second-order valence-corrected chi connectivity index (χ2v) is 10.0. The van der Waals surface area contributed by atoms with Crippen LogP contribution in [-0.2, 0) is 14.8 Å². The maximum Gasteiger partial charge on any atom is 0.264 e. The third-order valence-corrected chi connectivity index (χ3v) is 7.19. The summed E-state index contributed by atoms with van der Waals surface area (Å²) >= 11 is 18.3. The lowest BCUT2D eigenvalue weighted by Crippen LogP contribution is -2.38. The minimum atomic E-state index is -4.05. The summed E-state index contributed by atoms with van der Waals surface area (Å²) in [5.74, 6) is -0.597. The molecule has 0 saturated carbocycles. The molecule has 0 heterocycles. The quantitative estimate of drug-likeness (QED) is 0.447. The van der Waals surface area contributed by atoms with Crippen LogP contribution in [0.15, 0.2) is 65.6 Å². The number of nitrogens with one attached hydrogen (secondary N) is 1. The first-order valence-corrected chi connectivity index (χ1v) is 11.8. The van der Waals surface area contributed by atoms with Crippen molar-refractivity contribution in [2.24, 2.45) is 0 Å². The third-order valence-electron chi connectivity index (χ3n) is 4.55. The van der Waals surface area contributed by atoms with E-state index in [9.17, 15) is 13.2 Å². The molecule has 0 bridgehead atoms. The van der Waals surface area contributed by atoms with E-state index in [-0.39, 0.29) is 20.6 Å². The Labute approximate surface area is 196 Å². The van der Waals surface area contributed by atoms with Crippen molar-refractivity contribution in [3.63, 3.8) is 0 Å². The predicted molar refractivity (Wildman–Crippen MR) is 127 cm³/mol. The molecule has 3 aromatic carbocycles. The van der Waals surface area contributed by atoms with Gasteiger partial charge in [-0.1, -0.05) is 58.6 Å². The standard InChI is InChI=1S/C22H19Cl3N2O3S/c1-14-6-9-17(10-7-14)31(29,30)27(20-11-8-16(23)12-15(20)2)13-21(28)26-22-18(24)4-3-5-19(22)25/h3-12H,13H2,1-2H3,(H,26,28). The molecule has 31 heavy (non-hydrogen) atoms. The zero-order valence-corrected chi connectivity index (χ0v) is 19.8. The largest absolute Gasteiger partial charge is 0.322 e. The molecule has 1 N–H and O–H groups in total. The second kappa shape index (κ2) is 9.49. The maximum atomic E-state index is 13.5. The van der Waals surface area contributed by atoms with Gasteiger partial charge >= 0.3 is 0 Å². The van der Waals surface area contributed by atoms with E-state index in [2.05, 4.69) is 5.32 Å². The van der Waals surface area contributed by atoms with Gasteiger partial charge in [-0.05, 0) is 61.9 Å². The Balaban J connectivity index is 2.02. The highest BCUT2D eigenvalue weighted by Gasteiger charge is 2.28. The minimum Gasteiger partial charge on any atom is -0.322 e. The molecular weight excluding hydrogens is 479 g/mol. The van der Waals surface area contributed by atoms with Gasteiger partial charge in [0.05, 0.1) is 26.3 Å². The minimum absolute atomic E-state index is 0.0658. The van der Waals surface area contributed by atoms with Crippen LogP contribution in [0, 0.1) is 13.8 Å². The van der Waals surface area contributed by atoms with Crippen molar-refractivity contribution < 1.29 is 13.2 Å². The molecule has 3 aromatic rings. The molecule has 0 atom stereocenters. The van der Waals surface area contributed by atoms with E-state index in [1.165, 1.54) is 12.1 Å². The van der Waals surface area contributed by atoms with Crippen molar-refractivity contribution in [3.8, 4) is 0 Å². The molecule has 0 saturated heterocycles. The van der Waals surface area contributed by atoms with Crippen molar-refractivity contribution >= 4 is 62.1 Å². The number of carbonyl (C=O) groups is 1. The first-order chi connectivity index (χ1) is 14.6. The number of benzene rings is 3. The van der Waals surface area contributed by atoms with E-state index in [4.69, 9.17) is 34.8 Å². The monoisotopic (exact) mass is 496 g/mol. The van der Waals surface area contributed by atoms with Gasteiger partial charge in [-0.25, -0.2) is 8.42 Å². The molecule has 0 spiro atoms. The fourth-order valence-corrected chi connectivity index (χ4v) is 5.17. The van der Waals surface area contributed by atoms with Crippen LogP contribution in [-0.4, -0.2) is 20.9 Å². The van der Waals surface area contributed by atoms with Crippen molar-refractivity contribution in [3.05, 3.63) is 86.9 Å². The number of hydrogen-bond acceptors (Lipinski definition) is 3. The number of anilines is 2. The molecule has 162 valence electrons. The summed E-state index contributed by atoms with van der Waals surface area (Å²) in [5.41, 5.74) is 2.08. The maximum absolute atomic E-state index is 13.5. The first-order valence-electron chi connectivity index (χ1n) is 9.19. The summed E-state index contributed by atoms with van der Waals surface area (Å²) in [6.45, 7) is 3.10.